The molecule has 0 amide bonds. The largest absolute Gasteiger partial charge is 0.595 e. The third kappa shape index (κ3) is 1.87. The predicted octanol–water partition coefficient (Wildman–Crippen LogP) is 1.65. The van der Waals surface area contributed by atoms with Crippen molar-refractivity contribution in [1.29, 1.82) is 0 Å². The van der Waals surface area contributed by atoms with Crippen molar-refractivity contribution >= 4 is 0 Å². The summed E-state index contributed by atoms with van der Waals surface area (Å²) in [7, 11) is 0. The Hall–Kier alpha value is -0.640. The van der Waals surface area contributed by atoms with Crippen molar-refractivity contribution in [3.63, 3.8) is 0 Å². The van der Waals surface area contributed by atoms with Crippen molar-refractivity contribution in [3.8, 4) is 0 Å². The predicted molar refractivity (Wildman–Crippen MR) is 58.0 cm³/mol. The molecule has 0 spiro atoms. The van der Waals surface area contributed by atoms with Crippen molar-refractivity contribution in [2.45, 2.75) is 33.1 Å². The number of hydrogen-bond acceptors (Lipinski definition) is 2. The van der Waals surface area contributed by atoms with Gasteiger partial charge >= 0.3 is 0 Å². The minimum Gasteiger partial charge on any atom is -0.595 e. The van der Waals surface area contributed by atoms with Crippen molar-refractivity contribution in [2.24, 2.45) is 17.8 Å². The molecule has 4 unspecified atom stereocenters. The van der Waals surface area contributed by atoms with E-state index in [9.17, 15) is 5.21 Å². The quantitative estimate of drug-likeness (QED) is 0.679. The van der Waals surface area contributed by atoms with E-state index in [-0.39, 0.29) is 0 Å². The van der Waals surface area contributed by atoms with E-state index in [1.165, 1.54) is 18.4 Å². The molecule has 1 saturated carbocycles. The number of rotatable bonds is 2. The molecule has 3 heteroatoms. The molecule has 15 heavy (non-hydrogen) atoms. The molecule has 0 radical (unpaired) electrons. The monoisotopic (exact) mass is 209 g/mol. The normalized spacial score (nSPS) is 36.9. The highest BCUT2D eigenvalue weighted by molar-refractivity contribution is 5.27. The molecule has 0 aliphatic heterocycles. The molecule has 4 atom stereocenters. The summed E-state index contributed by atoms with van der Waals surface area (Å²) < 4.78 is 0. The number of hydroxylamine groups is 2. The zero-order valence-electron chi connectivity index (χ0n) is 9.36. The molecule has 0 bridgehead atoms. The van der Waals surface area contributed by atoms with Gasteiger partial charge in [-0.2, -0.15) is 5.23 Å². The van der Waals surface area contributed by atoms with Gasteiger partial charge in [0.25, 0.3) is 0 Å². The van der Waals surface area contributed by atoms with E-state index < -0.39 is 5.23 Å². The first-order chi connectivity index (χ1) is 7.13. The fourth-order valence-corrected chi connectivity index (χ4v) is 3.11. The Morgan fingerprint density at radius 3 is 2.87 bits per heavy atom. The van der Waals surface area contributed by atoms with Gasteiger partial charge in [-0.25, -0.2) is 5.21 Å². The first-order valence-electron chi connectivity index (χ1n) is 5.76. The van der Waals surface area contributed by atoms with Crippen LogP contribution in [0.2, 0.25) is 0 Å². The van der Waals surface area contributed by atoms with Gasteiger partial charge in [0.1, 0.15) is 0 Å². The average Bonchev–Trinajstić information content (AvgIpc) is 2.60. The summed E-state index contributed by atoms with van der Waals surface area (Å²) >= 11 is 0. The second-order valence-electron chi connectivity index (χ2n) is 4.75. The molecule has 84 valence electrons. The lowest BCUT2D eigenvalue weighted by atomic mass is 9.80. The van der Waals surface area contributed by atoms with Crippen LogP contribution in [0.1, 0.15) is 33.1 Å². The van der Waals surface area contributed by atoms with E-state index in [0.29, 0.717) is 23.5 Å². The lowest BCUT2D eigenvalue weighted by Gasteiger charge is -2.27. The molecule has 2 aliphatic rings. The van der Waals surface area contributed by atoms with Crippen molar-refractivity contribution < 1.29 is 10.4 Å². The Morgan fingerprint density at radius 1 is 1.53 bits per heavy atom. The molecule has 2 N–H and O–H groups in total. The zero-order chi connectivity index (χ0) is 11.0. The Kier molecular flexibility index (Phi) is 2.96. The van der Waals surface area contributed by atoms with Crippen LogP contribution < -0.4 is 5.23 Å². The highest BCUT2D eigenvalue weighted by Gasteiger charge is 2.37. The molecule has 0 aromatic carbocycles. The molecule has 2 rings (SSSR count). The highest BCUT2D eigenvalue weighted by Crippen LogP contribution is 2.45. The van der Waals surface area contributed by atoms with Crippen molar-refractivity contribution in [3.05, 3.63) is 28.6 Å². The second-order valence-corrected chi connectivity index (χ2v) is 4.75. The number of nitrogens with one attached hydrogen (secondary N) is 1. The lowest BCUT2D eigenvalue weighted by molar-refractivity contribution is -1.01. The molecular formula is C12H19NO2. The fourth-order valence-electron chi connectivity index (χ4n) is 3.11. The number of fused-ring (bicyclic) bond motifs is 1. The maximum Gasteiger partial charge on any atom is 0.159 e. The van der Waals surface area contributed by atoms with Crippen LogP contribution in [0.4, 0.5) is 0 Å². The Labute approximate surface area is 90.6 Å². The van der Waals surface area contributed by atoms with E-state index in [1.54, 1.807) is 0 Å². The van der Waals surface area contributed by atoms with Gasteiger partial charge in [0.2, 0.25) is 0 Å². The van der Waals surface area contributed by atoms with E-state index in [1.807, 2.05) is 12.2 Å². The average molecular weight is 209 g/mol. The van der Waals surface area contributed by atoms with E-state index in [2.05, 4.69) is 13.8 Å². The lowest BCUT2D eigenvalue weighted by Crippen LogP contribution is -3.02. The summed E-state index contributed by atoms with van der Waals surface area (Å²) in [5.41, 5.74) is 1.75. The van der Waals surface area contributed by atoms with Gasteiger partial charge in [-0.1, -0.05) is 18.9 Å². The number of quaternary nitrogens is 1. The van der Waals surface area contributed by atoms with E-state index in [4.69, 9.17) is 5.21 Å². The molecule has 3 nitrogen and oxygen atoms in total. The maximum absolute atomic E-state index is 11.0. The van der Waals surface area contributed by atoms with E-state index >= 15 is 0 Å². The van der Waals surface area contributed by atoms with Gasteiger partial charge in [-0.15, -0.1) is 0 Å². The summed E-state index contributed by atoms with van der Waals surface area (Å²) in [6.07, 6.45) is 7.48. The fraction of sp³-hybridized carbons (Fsp3) is 0.667. The molecular weight excluding hydrogens is 190 g/mol. The van der Waals surface area contributed by atoms with Crippen molar-refractivity contribution in [1.82, 2.24) is 0 Å². The highest BCUT2D eigenvalue weighted by atomic mass is 16.8. The van der Waals surface area contributed by atoms with Crippen LogP contribution in [-0.2, 0) is 0 Å². The minimum absolute atomic E-state index is 0.478. The summed E-state index contributed by atoms with van der Waals surface area (Å²) in [6.45, 7) is 4.28. The SMILES string of the molecule is CCC1CCC2C(C)=CC([NH+]([O-])O)=CC12. The van der Waals surface area contributed by atoms with Gasteiger partial charge in [0, 0.05) is 6.08 Å². The summed E-state index contributed by atoms with van der Waals surface area (Å²) in [5.74, 6) is 1.78. The van der Waals surface area contributed by atoms with Crippen molar-refractivity contribution in [2.75, 3.05) is 0 Å². The summed E-state index contributed by atoms with van der Waals surface area (Å²) in [4.78, 5) is 0. The topological polar surface area (TPSA) is 47.7 Å². The molecule has 0 heterocycles. The van der Waals surface area contributed by atoms with Crippen LogP contribution in [0.5, 0.6) is 0 Å². The van der Waals surface area contributed by atoms with Crippen LogP contribution in [0.3, 0.4) is 0 Å². The Morgan fingerprint density at radius 2 is 2.27 bits per heavy atom. The summed E-state index contributed by atoms with van der Waals surface area (Å²) in [5, 5.41) is 19.2. The minimum atomic E-state index is -0.783. The molecule has 1 fully saturated rings. The molecule has 2 aliphatic carbocycles. The smallest absolute Gasteiger partial charge is 0.159 e. The van der Waals surface area contributed by atoms with Gasteiger partial charge in [0.05, 0.1) is 0 Å². The number of hydrogen-bond donors (Lipinski definition) is 2. The van der Waals surface area contributed by atoms with Crippen LogP contribution in [0.25, 0.3) is 0 Å². The van der Waals surface area contributed by atoms with Crippen LogP contribution in [0.15, 0.2) is 23.4 Å². The first kappa shape index (κ1) is 10.9. The van der Waals surface area contributed by atoms with Gasteiger partial charge in [-0.3, -0.25) is 0 Å². The maximum atomic E-state index is 11.0. The third-order valence-electron chi connectivity index (χ3n) is 3.97. The first-order valence-corrected chi connectivity index (χ1v) is 5.76. The van der Waals surface area contributed by atoms with E-state index in [0.717, 1.165) is 6.42 Å². The third-order valence-corrected chi connectivity index (χ3v) is 3.97. The van der Waals surface area contributed by atoms with Crippen LogP contribution >= 0.6 is 0 Å². The number of allylic oxidation sites excluding steroid dienone is 3. The second kappa shape index (κ2) is 4.08. The molecule has 0 aromatic heterocycles. The summed E-state index contributed by atoms with van der Waals surface area (Å²) in [6, 6.07) is 0. The van der Waals surface area contributed by atoms with Crippen LogP contribution in [-0.4, -0.2) is 5.21 Å². The molecule has 0 aromatic rings. The van der Waals surface area contributed by atoms with Crippen LogP contribution in [0, 0.1) is 23.0 Å². The van der Waals surface area contributed by atoms with Gasteiger partial charge < -0.3 is 5.21 Å². The zero-order valence-corrected chi connectivity index (χ0v) is 9.36. The van der Waals surface area contributed by atoms with Gasteiger partial charge in [-0.05, 0) is 43.6 Å². The van der Waals surface area contributed by atoms with Gasteiger partial charge in [0.15, 0.2) is 5.70 Å². The standard InChI is InChI=1S/C12H19NO2/c1-3-9-4-5-11-8(2)6-10(13(14)15)7-12(9)11/h6-7,9,11-14H,3-5H2,1-2H3. The Bertz CT molecular complexity index is 307. The Balaban J connectivity index is 2.26. The molecule has 0 saturated heterocycles.